The molecule has 18 heavy (non-hydrogen) atoms. The van der Waals surface area contributed by atoms with Crippen molar-refractivity contribution in [1.29, 1.82) is 0 Å². The van der Waals surface area contributed by atoms with E-state index in [0.29, 0.717) is 12.0 Å². The molecule has 0 aromatic heterocycles. The molecule has 2 aliphatic rings. The molecular formula is C15H29N3. The van der Waals surface area contributed by atoms with E-state index in [1.807, 2.05) is 0 Å². The maximum atomic E-state index is 6.00. The number of nitrogens with one attached hydrogen (secondary N) is 1. The van der Waals surface area contributed by atoms with Gasteiger partial charge >= 0.3 is 0 Å². The van der Waals surface area contributed by atoms with Crippen LogP contribution in [0.1, 0.15) is 64.7 Å². The first-order chi connectivity index (χ1) is 8.74. The second-order valence-electron chi connectivity index (χ2n) is 6.34. The van der Waals surface area contributed by atoms with Gasteiger partial charge in [-0.1, -0.05) is 39.0 Å². The van der Waals surface area contributed by atoms with Crippen molar-refractivity contribution in [2.45, 2.75) is 70.8 Å². The highest BCUT2D eigenvalue weighted by atomic mass is 15.1. The molecule has 2 saturated carbocycles. The second-order valence-corrected chi connectivity index (χ2v) is 6.34. The van der Waals surface area contributed by atoms with Crippen LogP contribution in [0.2, 0.25) is 0 Å². The molecule has 0 bridgehead atoms. The first-order valence-electron chi connectivity index (χ1n) is 7.80. The van der Waals surface area contributed by atoms with Crippen LogP contribution < -0.4 is 11.1 Å². The topological polar surface area (TPSA) is 50.4 Å². The van der Waals surface area contributed by atoms with Crippen LogP contribution in [0.5, 0.6) is 0 Å². The molecule has 0 amide bonds. The van der Waals surface area contributed by atoms with Crippen LogP contribution in [-0.4, -0.2) is 18.5 Å². The molecule has 104 valence electrons. The monoisotopic (exact) mass is 251 g/mol. The normalized spacial score (nSPS) is 31.3. The molecule has 0 heterocycles. The summed E-state index contributed by atoms with van der Waals surface area (Å²) >= 11 is 0. The van der Waals surface area contributed by atoms with E-state index in [1.54, 1.807) is 0 Å². The average molecular weight is 251 g/mol. The van der Waals surface area contributed by atoms with Gasteiger partial charge in [-0.05, 0) is 37.5 Å². The number of hydrogen-bond donors (Lipinski definition) is 2. The van der Waals surface area contributed by atoms with Crippen molar-refractivity contribution in [3.63, 3.8) is 0 Å². The number of nitrogens with two attached hydrogens (primary N) is 1. The third-order valence-electron chi connectivity index (χ3n) is 4.52. The Kier molecular flexibility index (Phi) is 5.33. The molecule has 3 heteroatoms. The number of aliphatic imine (C=N–C) groups is 1. The van der Waals surface area contributed by atoms with Gasteiger partial charge in [-0.15, -0.1) is 0 Å². The summed E-state index contributed by atoms with van der Waals surface area (Å²) < 4.78 is 0. The summed E-state index contributed by atoms with van der Waals surface area (Å²) in [6.45, 7) is 3.29. The van der Waals surface area contributed by atoms with Gasteiger partial charge in [0.25, 0.3) is 0 Å². The molecule has 0 saturated heterocycles. The van der Waals surface area contributed by atoms with Gasteiger partial charge in [0.1, 0.15) is 0 Å². The standard InChI is InChI=1S/C15H29N3/c1-12-6-5-7-13(10-12)11-17-15(16)18-14-8-3-2-4-9-14/h12-14H,2-11H2,1H3,(H3,16,17,18). The van der Waals surface area contributed by atoms with Crippen LogP contribution in [0.25, 0.3) is 0 Å². The Balaban J connectivity index is 1.70. The minimum Gasteiger partial charge on any atom is -0.370 e. The fourth-order valence-corrected chi connectivity index (χ4v) is 3.45. The minimum atomic E-state index is 0.577. The zero-order valence-corrected chi connectivity index (χ0v) is 11.8. The van der Waals surface area contributed by atoms with Crippen LogP contribution in [-0.2, 0) is 0 Å². The average Bonchev–Trinajstić information content (AvgIpc) is 2.38. The summed E-state index contributed by atoms with van der Waals surface area (Å²) in [5, 5.41) is 3.40. The first-order valence-corrected chi connectivity index (χ1v) is 7.80. The van der Waals surface area contributed by atoms with Crippen LogP contribution in [0.15, 0.2) is 4.99 Å². The predicted molar refractivity (Wildman–Crippen MR) is 77.6 cm³/mol. The van der Waals surface area contributed by atoms with E-state index >= 15 is 0 Å². The van der Waals surface area contributed by atoms with Gasteiger partial charge < -0.3 is 11.1 Å². The van der Waals surface area contributed by atoms with E-state index in [1.165, 1.54) is 57.8 Å². The number of guanidine groups is 1. The van der Waals surface area contributed by atoms with Gasteiger partial charge in [0.2, 0.25) is 0 Å². The Morgan fingerprint density at radius 1 is 1.11 bits per heavy atom. The third kappa shape index (κ3) is 4.51. The zero-order valence-electron chi connectivity index (χ0n) is 11.8. The summed E-state index contributed by atoms with van der Waals surface area (Å²) in [7, 11) is 0. The van der Waals surface area contributed by atoms with E-state index in [4.69, 9.17) is 5.73 Å². The van der Waals surface area contributed by atoms with Crippen molar-refractivity contribution < 1.29 is 0 Å². The summed E-state index contributed by atoms with van der Waals surface area (Å²) in [5.41, 5.74) is 6.00. The van der Waals surface area contributed by atoms with Gasteiger partial charge in [0, 0.05) is 12.6 Å². The second kappa shape index (κ2) is 7.01. The molecule has 0 aromatic rings. The number of nitrogens with zero attached hydrogens (tertiary/aromatic N) is 1. The van der Waals surface area contributed by atoms with E-state index in [2.05, 4.69) is 17.2 Å². The Bertz CT molecular complexity index is 269. The Labute approximate surface area is 112 Å². The number of hydrogen-bond acceptors (Lipinski definition) is 1. The fourth-order valence-electron chi connectivity index (χ4n) is 3.45. The van der Waals surface area contributed by atoms with E-state index in [9.17, 15) is 0 Å². The Morgan fingerprint density at radius 3 is 2.61 bits per heavy atom. The maximum Gasteiger partial charge on any atom is 0.188 e. The van der Waals surface area contributed by atoms with Crippen LogP contribution in [0, 0.1) is 11.8 Å². The molecule has 0 spiro atoms. The van der Waals surface area contributed by atoms with Crippen LogP contribution in [0.4, 0.5) is 0 Å². The van der Waals surface area contributed by atoms with Crippen LogP contribution >= 0.6 is 0 Å². The molecule has 2 fully saturated rings. The van der Waals surface area contributed by atoms with Crippen molar-refractivity contribution in [3.8, 4) is 0 Å². The molecule has 0 radical (unpaired) electrons. The summed E-state index contributed by atoms with van der Waals surface area (Å²) in [4.78, 5) is 4.56. The van der Waals surface area contributed by atoms with Crippen molar-refractivity contribution in [1.82, 2.24) is 5.32 Å². The van der Waals surface area contributed by atoms with Crippen molar-refractivity contribution in [3.05, 3.63) is 0 Å². The molecule has 2 rings (SSSR count). The molecule has 2 atom stereocenters. The lowest BCUT2D eigenvalue weighted by Crippen LogP contribution is -2.41. The first kappa shape index (κ1) is 13.7. The summed E-state index contributed by atoms with van der Waals surface area (Å²) in [5.74, 6) is 2.33. The van der Waals surface area contributed by atoms with E-state index in [0.717, 1.165) is 18.4 Å². The smallest absolute Gasteiger partial charge is 0.188 e. The van der Waals surface area contributed by atoms with Crippen molar-refractivity contribution in [2.24, 2.45) is 22.6 Å². The van der Waals surface area contributed by atoms with E-state index < -0.39 is 0 Å². The molecule has 2 aliphatic carbocycles. The van der Waals surface area contributed by atoms with E-state index in [-0.39, 0.29) is 0 Å². The highest BCUT2D eigenvalue weighted by Crippen LogP contribution is 2.28. The van der Waals surface area contributed by atoms with Crippen molar-refractivity contribution in [2.75, 3.05) is 6.54 Å². The lowest BCUT2D eigenvalue weighted by Gasteiger charge is -2.26. The predicted octanol–water partition coefficient (Wildman–Crippen LogP) is 3.05. The maximum absolute atomic E-state index is 6.00. The van der Waals surface area contributed by atoms with Gasteiger partial charge in [0.05, 0.1) is 0 Å². The van der Waals surface area contributed by atoms with Gasteiger partial charge in [0.15, 0.2) is 5.96 Å². The highest BCUT2D eigenvalue weighted by Gasteiger charge is 2.18. The SMILES string of the molecule is CC1CCCC(CN=C(N)NC2CCCCC2)C1. The molecule has 0 aromatic carbocycles. The molecule has 2 unspecified atom stereocenters. The quantitative estimate of drug-likeness (QED) is 0.598. The Hall–Kier alpha value is -0.730. The van der Waals surface area contributed by atoms with Gasteiger partial charge in [-0.2, -0.15) is 0 Å². The zero-order chi connectivity index (χ0) is 12.8. The lowest BCUT2D eigenvalue weighted by atomic mass is 9.82. The minimum absolute atomic E-state index is 0.577. The highest BCUT2D eigenvalue weighted by molar-refractivity contribution is 5.78. The molecular weight excluding hydrogens is 222 g/mol. The summed E-state index contributed by atoms with van der Waals surface area (Å²) in [6, 6.07) is 0.577. The molecule has 0 aliphatic heterocycles. The van der Waals surface area contributed by atoms with Crippen molar-refractivity contribution >= 4 is 5.96 Å². The van der Waals surface area contributed by atoms with Gasteiger partial charge in [-0.3, -0.25) is 4.99 Å². The van der Waals surface area contributed by atoms with Crippen LogP contribution in [0.3, 0.4) is 0 Å². The van der Waals surface area contributed by atoms with Gasteiger partial charge in [-0.25, -0.2) is 0 Å². The Morgan fingerprint density at radius 2 is 1.89 bits per heavy atom. The fraction of sp³-hybridized carbons (Fsp3) is 0.933. The molecule has 3 nitrogen and oxygen atoms in total. The number of rotatable bonds is 3. The summed E-state index contributed by atoms with van der Waals surface area (Å²) in [6.07, 6.45) is 12.0. The lowest BCUT2D eigenvalue weighted by molar-refractivity contribution is 0.289. The molecule has 3 N–H and O–H groups in total. The third-order valence-corrected chi connectivity index (χ3v) is 4.52. The largest absolute Gasteiger partial charge is 0.370 e.